The third kappa shape index (κ3) is 4.48. The van der Waals surface area contributed by atoms with Crippen molar-refractivity contribution in [3.63, 3.8) is 0 Å². The molecular weight excluding hydrogens is 472 g/mol. The molecule has 0 saturated heterocycles. The monoisotopic (exact) mass is 510 g/mol. The first-order valence-corrected chi connectivity index (χ1v) is 14.1. The van der Waals surface area contributed by atoms with Crippen LogP contribution in [0.4, 0.5) is 13.2 Å². The number of carboxylic acids is 1. The van der Waals surface area contributed by atoms with Gasteiger partial charge in [-0.1, -0.05) is 20.8 Å². The number of carbonyl (C=O) groups is 1. The number of aliphatic carboxylic acids is 1. The molecule has 0 aromatic heterocycles. The van der Waals surface area contributed by atoms with Gasteiger partial charge in [0.15, 0.2) is 0 Å². The fourth-order valence-electron chi connectivity index (χ4n) is 8.91. The Morgan fingerprint density at radius 3 is 2.29 bits per heavy atom. The number of halogens is 3. The van der Waals surface area contributed by atoms with Crippen LogP contribution in [-0.2, 0) is 13.9 Å². The van der Waals surface area contributed by atoms with Crippen molar-refractivity contribution in [2.24, 2.45) is 46.3 Å². The van der Waals surface area contributed by atoms with Crippen LogP contribution in [0.2, 0.25) is 0 Å². The van der Waals surface area contributed by atoms with E-state index in [-0.39, 0.29) is 48.3 Å². The van der Waals surface area contributed by atoms with Crippen molar-refractivity contribution in [2.75, 3.05) is 0 Å². The highest BCUT2D eigenvalue weighted by molar-refractivity contribution is 7.46. The van der Waals surface area contributed by atoms with Gasteiger partial charge in [-0.3, -0.25) is 4.79 Å². The normalized spacial score (nSPS) is 46.8. The Hall–Kier alpha value is -0.630. The Morgan fingerprint density at radius 1 is 1.03 bits per heavy atom. The van der Waals surface area contributed by atoms with Crippen molar-refractivity contribution in [3.05, 3.63) is 0 Å². The predicted molar refractivity (Wildman–Crippen MR) is 119 cm³/mol. The lowest BCUT2D eigenvalue weighted by atomic mass is 9.43. The largest absolute Gasteiger partial charge is 0.481 e. The van der Waals surface area contributed by atoms with E-state index in [4.69, 9.17) is 14.9 Å². The minimum Gasteiger partial charge on any atom is -0.481 e. The van der Waals surface area contributed by atoms with Crippen molar-refractivity contribution in [2.45, 2.75) is 96.8 Å². The van der Waals surface area contributed by atoms with Gasteiger partial charge in [0.25, 0.3) is 5.92 Å². The van der Waals surface area contributed by atoms with Crippen molar-refractivity contribution >= 4 is 13.8 Å². The molecule has 4 aliphatic carbocycles. The van der Waals surface area contributed by atoms with Gasteiger partial charge < -0.3 is 14.9 Å². The van der Waals surface area contributed by atoms with Crippen molar-refractivity contribution in [1.29, 1.82) is 0 Å². The topological polar surface area (TPSA) is 104 Å². The van der Waals surface area contributed by atoms with Crippen molar-refractivity contribution in [3.8, 4) is 0 Å². The zero-order chi connectivity index (χ0) is 25.3. The SMILES string of the molecule is CC(CCC(=O)O)C1CCC2C3C(CCC12C)C1(C)CCC(F)(OP(=O)(O)O)CC1CC3(F)F. The van der Waals surface area contributed by atoms with E-state index in [0.29, 0.717) is 19.3 Å². The molecule has 0 bridgehead atoms. The maximum atomic E-state index is 15.9. The Kier molecular flexibility index (Phi) is 6.58. The molecule has 10 heteroatoms. The molecule has 0 aliphatic heterocycles. The van der Waals surface area contributed by atoms with Gasteiger partial charge in [-0.15, -0.1) is 0 Å². The number of phosphoric acid groups is 1. The molecule has 4 rings (SSSR count). The second-order valence-electron chi connectivity index (χ2n) is 12.2. The number of hydrogen-bond acceptors (Lipinski definition) is 3. The van der Waals surface area contributed by atoms with E-state index in [1.54, 1.807) is 0 Å². The van der Waals surface area contributed by atoms with Crippen LogP contribution in [0.5, 0.6) is 0 Å². The molecule has 0 aromatic rings. The van der Waals surface area contributed by atoms with Gasteiger partial charge >= 0.3 is 13.8 Å². The summed E-state index contributed by atoms with van der Waals surface area (Å²) in [5, 5.41) is 9.08. The highest BCUT2D eigenvalue weighted by Crippen LogP contribution is 2.72. The number of alkyl halides is 3. The molecule has 9 atom stereocenters. The summed E-state index contributed by atoms with van der Waals surface area (Å²) in [5.74, 6) is -8.04. The third-order valence-corrected chi connectivity index (χ3v) is 11.1. The summed E-state index contributed by atoms with van der Waals surface area (Å²) >= 11 is 0. The number of phosphoric ester groups is 1. The quantitative estimate of drug-likeness (QED) is 0.370. The lowest BCUT2D eigenvalue weighted by Crippen LogP contribution is -2.62. The zero-order valence-corrected chi connectivity index (χ0v) is 21.1. The fourth-order valence-corrected chi connectivity index (χ4v) is 9.51. The van der Waals surface area contributed by atoms with Crippen LogP contribution in [0.3, 0.4) is 0 Å². The molecule has 3 N–H and O–H groups in total. The van der Waals surface area contributed by atoms with Crippen LogP contribution in [-0.4, -0.2) is 32.6 Å². The molecule has 4 aliphatic rings. The van der Waals surface area contributed by atoms with Gasteiger partial charge in [0.2, 0.25) is 5.85 Å². The summed E-state index contributed by atoms with van der Waals surface area (Å²) in [4.78, 5) is 29.3. The van der Waals surface area contributed by atoms with E-state index in [1.165, 1.54) is 0 Å². The standard InChI is InChI=1S/C24H38F3O6P/c1-14(4-7-19(28)29)16-5-6-17-20-18(8-9-22(16,17)3)21(2)10-11-23(25,33-34(30,31)32)12-15(21)13-24(20,26)27/h14-18,20H,4-13H2,1-3H3,(H,28,29)(H2,30,31,32). The summed E-state index contributed by atoms with van der Waals surface area (Å²) in [6, 6.07) is 0. The van der Waals surface area contributed by atoms with E-state index >= 15 is 13.2 Å². The van der Waals surface area contributed by atoms with Crippen molar-refractivity contribution < 1.29 is 41.9 Å². The molecule has 196 valence electrons. The maximum Gasteiger partial charge on any atom is 0.472 e. The molecule has 0 heterocycles. The van der Waals surface area contributed by atoms with Crippen molar-refractivity contribution in [1.82, 2.24) is 0 Å². The molecule has 4 fully saturated rings. The highest BCUT2D eigenvalue weighted by atomic mass is 31.2. The molecule has 4 saturated carbocycles. The van der Waals surface area contributed by atoms with Crippen LogP contribution in [0.25, 0.3) is 0 Å². The first-order chi connectivity index (χ1) is 15.5. The van der Waals surface area contributed by atoms with Gasteiger partial charge in [-0.05, 0) is 78.9 Å². The number of hydrogen-bond donors (Lipinski definition) is 3. The fraction of sp³-hybridized carbons (Fsp3) is 0.958. The van der Waals surface area contributed by atoms with Crippen LogP contribution in [0.15, 0.2) is 0 Å². The molecule has 9 unspecified atom stereocenters. The van der Waals surface area contributed by atoms with Crippen LogP contribution >= 0.6 is 7.82 Å². The summed E-state index contributed by atoms with van der Waals surface area (Å²) in [5.41, 5.74) is -0.803. The van der Waals surface area contributed by atoms with Gasteiger partial charge in [0.05, 0.1) is 0 Å². The second-order valence-corrected chi connectivity index (χ2v) is 13.4. The van der Waals surface area contributed by atoms with E-state index in [1.807, 2.05) is 13.8 Å². The molecule has 6 nitrogen and oxygen atoms in total. The number of rotatable bonds is 6. The number of carboxylic acid groups (broad SMARTS) is 1. The van der Waals surface area contributed by atoms with Crippen LogP contribution < -0.4 is 0 Å². The smallest absolute Gasteiger partial charge is 0.472 e. The first-order valence-electron chi connectivity index (χ1n) is 12.6. The Morgan fingerprint density at radius 2 is 1.68 bits per heavy atom. The summed E-state index contributed by atoms with van der Waals surface area (Å²) in [6.45, 7) is 6.13. The zero-order valence-electron chi connectivity index (χ0n) is 20.2. The summed E-state index contributed by atoms with van der Waals surface area (Å²) in [7, 11) is -5.08. The van der Waals surface area contributed by atoms with Crippen LogP contribution in [0, 0.1) is 46.3 Å². The maximum absolute atomic E-state index is 15.9. The van der Waals surface area contributed by atoms with Gasteiger partial charge in [0, 0.05) is 31.6 Å². The molecule has 0 amide bonds. The molecule has 0 aromatic carbocycles. The highest BCUT2D eigenvalue weighted by Gasteiger charge is 2.69. The van der Waals surface area contributed by atoms with E-state index in [2.05, 4.69) is 11.4 Å². The lowest BCUT2D eigenvalue weighted by molar-refractivity contribution is -0.256. The van der Waals surface area contributed by atoms with E-state index < -0.39 is 55.7 Å². The minimum absolute atomic E-state index is 0.0854. The summed E-state index contributed by atoms with van der Waals surface area (Å²) in [6.07, 6.45) is 2.68. The second kappa shape index (κ2) is 8.46. The van der Waals surface area contributed by atoms with Crippen LogP contribution in [0.1, 0.15) is 85.0 Å². The average molecular weight is 511 g/mol. The lowest BCUT2D eigenvalue weighted by Gasteiger charge is -2.63. The molecule has 0 spiro atoms. The molecular formula is C24H38F3O6P. The Bertz CT molecular complexity index is 866. The third-order valence-electron chi connectivity index (χ3n) is 10.5. The predicted octanol–water partition coefficient (Wildman–Crippen LogP) is 6.17. The van der Waals surface area contributed by atoms with Gasteiger partial charge in [0.1, 0.15) is 0 Å². The molecule has 0 radical (unpaired) electrons. The molecule has 34 heavy (non-hydrogen) atoms. The van der Waals surface area contributed by atoms with Gasteiger partial charge in [-0.2, -0.15) is 0 Å². The minimum atomic E-state index is -5.08. The van der Waals surface area contributed by atoms with E-state index in [9.17, 15) is 9.36 Å². The van der Waals surface area contributed by atoms with Gasteiger partial charge in [-0.25, -0.2) is 22.3 Å². The van der Waals surface area contributed by atoms with E-state index in [0.717, 1.165) is 12.8 Å². The summed E-state index contributed by atoms with van der Waals surface area (Å²) < 4.78 is 62.7. The Balaban J connectivity index is 1.58. The average Bonchev–Trinajstić information content (AvgIpc) is 3.03. The first kappa shape index (κ1) is 26.4. The Labute approximate surface area is 199 Å². The number of fused-ring (bicyclic) bond motifs is 5.